The maximum atomic E-state index is 13.4. The van der Waals surface area contributed by atoms with Crippen molar-refractivity contribution in [3.63, 3.8) is 0 Å². The monoisotopic (exact) mass is 420 g/mol. The zero-order valence-electron chi connectivity index (χ0n) is 15.2. The third-order valence-electron chi connectivity index (χ3n) is 4.50. The molecule has 1 amide bonds. The van der Waals surface area contributed by atoms with Gasteiger partial charge in [-0.3, -0.25) is 4.79 Å². The first-order chi connectivity index (χ1) is 14.1. The zero-order chi connectivity index (χ0) is 20.2. The summed E-state index contributed by atoms with van der Waals surface area (Å²) in [4.78, 5) is 17.6. The maximum absolute atomic E-state index is 13.4. The highest BCUT2D eigenvalue weighted by Crippen LogP contribution is 2.34. The second-order valence-electron chi connectivity index (χ2n) is 6.38. The fourth-order valence-electron chi connectivity index (χ4n) is 3.20. The number of halogens is 1. The Morgan fingerprint density at radius 2 is 1.72 bits per heavy atom. The SMILES string of the molecule is O=C(Nc1ccccn1)C1=C(c2ccccc2)NC(=S)N[C@H]1c1ccccc1Cl. The number of amides is 1. The summed E-state index contributed by atoms with van der Waals surface area (Å²) in [5, 5.41) is 10.2. The van der Waals surface area contributed by atoms with Crippen molar-refractivity contribution < 1.29 is 4.79 Å². The summed E-state index contributed by atoms with van der Waals surface area (Å²) >= 11 is 11.9. The van der Waals surface area contributed by atoms with Gasteiger partial charge in [0.1, 0.15) is 5.82 Å². The van der Waals surface area contributed by atoms with Gasteiger partial charge in [0, 0.05) is 11.2 Å². The van der Waals surface area contributed by atoms with Crippen molar-refractivity contribution in [1.82, 2.24) is 15.6 Å². The number of thiocarbonyl (C=S) groups is 1. The number of nitrogens with one attached hydrogen (secondary N) is 3. The third kappa shape index (κ3) is 4.13. The average molecular weight is 421 g/mol. The highest BCUT2D eigenvalue weighted by Gasteiger charge is 2.33. The summed E-state index contributed by atoms with van der Waals surface area (Å²) in [6, 6.07) is 21.8. The summed E-state index contributed by atoms with van der Waals surface area (Å²) in [6.07, 6.45) is 1.63. The van der Waals surface area contributed by atoms with Crippen LogP contribution >= 0.6 is 23.8 Å². The number of hydrogen-bond acceptors (Lipinski definition) is 3. The van der Waals surface area contributed by atoms with Gasteiger partial charge in [-0.15, -0.1) is 0 Å². The molecular weight excluding hydrogens is 404 g/mol. The number of anilines is 1. The van der Waals surface area contributed by atoms with Crippen LogP contribution in [-0.2, 0) is 4.79 Å². The van der Waals surface area contributed by atoms with Gasteiger partial charge < -0.3 is 16.0 Å². The summed E-state index contributed by atoms with van der Waals surface area (Å²) < 4.78 is 0. The van der Waals surface area contributed by atoms with Gasteiger partial charge in [0.2, 0.25) is 0 Å². The van der Waals surface area contributed by atoms with Gasteiger partial charge in [0.05, 0.1) is 17.3 Å². The number of rotatable bonds is 4. The summed E-state index contributed by atoms with van der Waals surface area (Å²) in [5.41, 5.74) is 2.72. The second kappa shape index (κ2) is 8.43. The van der Waals surface area contributed by atoms with Crippen LogP contribution in [0, 0.1) is 0 Å². The van der Waals surface area contributed by atoms with E-state index in [1.807, 2.05) is 54.6 Å². The van der Waals surface area contributed by atoms with Crippen LogP contribution in [0.25, 0.3) is 5.70 Å². The largest absolute Gasteiger partial charge is 0.351 e. The Bertz CT molecular complexity index is 1090. The Balaban J connectivity index is 1.86. The number of hydrogen-bond donors (Lipinski definition) is 3. The number of nitrogens with zero attached hydrogens (tertiary/aromatic N) is 1. The lowest BCUT2D eigenvalue weighted by molar-refractivity contribution is -0.113. The number of aromatic nitrogens is 1. The van der Waals surface area contributed by atoms with E-state index >= 15 is 0 Å². The molecule has 3 aromatic rings. The summed E-state index contributed by atoms with van der Waals surface area (Å²) in [6.45, 7) is 0. The minimum Gasteiger partial charge on any atom is -0.351 e. The van der Waals surface area contributed by atoms with E-state index in [0.29, 0.717) is 27.2 Å². The molecule has 1 aliphatic rings. The molecule has 5 nitrogen and oxygen atoms in total. The van der Waals surface area contributed by atoms with Gasteiger partial charge in [-0.25, -0.2) is 4.98 Å². The minimum atomic E-state index is -0.517. The fraction of sp³-hybridized carbons (Fsp3) is 0.0455. The summed E-state index contributed by atoms with van der Waals surface area (Å²) in [7, 11) is 0. The molecule has 0 bridgehead atoms. The number of benzene rings is 2. The molecule has 2 aromatic carbocycles. The Labute approximate surface area is 178 Å². The first-order valence-corrected chi connectivity index (χ1v) is 9.76. The van der Waals surface area contributed by atoms with Crippen molar-refractivity contribution in [1.29, 1.82) is 0 Å². The van der Waals surface area contributed by atoms with Crippen molar-refractivity contribution in [3.05, 3.63) is 101 Å². The first-order valence-electron chi connectivity index (χ1n) is 8.97. The molecule has 1 aromatic heterocycles. The van der Waals surface area contributed by atoms with Crippen molar-refractivity contribution in [2.75, 3.05) is 5.32 Å². The predicted octanol–water partition coefficient (Wildman–Crippen LogP) is 4.30. The van der Waals surface area contributed by atoms with E-state index in [-0.39, 0.29) is 5.91 Å². The zero-order valence-corrected chi connectivity index (χ0v) is 16.8. The number of carbonyl (C=O) groups is 1. The molecule has 0 saturated carbocycles. The van der Waals surface area contributed by atoms with Crippen LogP contribution in [-0.4, -0.2) is 16.0 Å². The molecule has 0 aliphatic carbocycles. The Kier molecular flexibility index (Phi) is 5.55. The maximum Gasteiger partial charge on any atom is 0.257 e. The third-order valence-corrected chi connectivity index (χ3v) is 5.07. The van der Waals surface area contributed by atoms with Crippen molar-refractivity contribution in [2.24, 2.45) is 0 Å². The highest BCUT2D eigenvalue weighted by molar-refractivity contribution is 7.80. The smallest absolute Gasteiger partial charge is 0.257 e. The quantitative estimate of drug-likeness (QED) is 0.549. The Morgan fingerprint density at radius 1 is 1.00 bits per heavy atom. The van der Waals surface area contributed by atoms with Crippen LogP contribution in [0.4, 0.5) is 5.82 Å². The lowest BCUT2D eigenvalue weighted by Crippen LogP contribution is -2.45. The van der Waals surface area contributed by atoms with Crippen LogP contribution in [0.15, 0.2) is 84.6 Å². The van der Waals surface area contributed by atoms with Crippen molar-refractivity contribution in [3.8, 4) is 0 Å². The molecule has 1 aliphatic heterocycles. The van der Waals surface area contributed by atoms with Crippen LogP contribution in [0.2, 0.25) is 5.02 Å². The van der Waals surface area contributed by atoms with Crippen LogP contribution in [0.5, 0.6) is 0 Å². The van der Waals surface area contributed by atoms with E-state index in [0.717, 1.165) is 11.1 Å². The molecule has 29 heavy (non-hydrogen) atoms. The molecule has 0 radical (unpaired) electrons. The van der Waals surface area contributed by atoms with Crippen molar-refractivity contribution >= 4 is 46.4 Å². The van der Waals surface area contributed by atoms with Crippen LogP contribution in [0.1, 0.15) is 17.2 Å². The first kappa shape index (κ1) is 19.1. The minimum absolute atomic E-state index is 0.296. The van der Waals surface area contributed by atoms with E-state index in [4.69, 9.17) is 23.8 Å². The lowest BCUT2D eigenvalue weighted by atomic mass is 9.92. The van der Waals surface area contributed by atoms with Gasteiger partial charge in [0.15, 0.2) is 5.11 Å². The Morgan fingerprint density at radius 3 is 2.45 bits per heavy atom. The van der Waals surface area contributed by atoms with Gasteiger partial charge in [-0.2, -0.15) is 0 Å². The molecule has 0 saturated heterocycles. The van der Waals surface area contributed by atoms with Gasteiger partial charge in [-0.05, 0) is 41.5 Å². The van der Waals surface area contributed by atoms with E-state index in [9.17, 15) is 4.79 Å². The molecule has 4 rings (SSSR count). The van der Waals surface area contributed by atoms with E-state index in [2.05, 4.69) is 20.9 Å². The predicted molar refractivity (Wildman–Crippen MR) is 119 cm³/mol. The number of pyridine rings is 1. The fourth-order valence-corrected chi connectivity index (χ4v) is 3.67. The molecule has 144 valence electrons. The van der Waals surface area contributed by atoms with Crippen molar-refractivity contribution in [2.45, 2.75) is 6.04 Å². The molecule has 0 unspecified atom stereocenters. The molecule has 7 heteroatoms. The lowest BCUT2D eigenvalue weighted by Gasteiger charge is -2.32. The molecule has 0 spiro atoms. The molecular formula is C22H17ClN4OS. The van der Waals surface area contributed by atoms with Crippen LogP contribution < -0.4 is 16.0 Å². The van der Waals surface area contributed by atoms with E-state index in [1.165, 1.54) is 0 Å². The van der Waals surface area contributed by atoms with Gasteiger partial charge in [-0.1, -0.05) is 66.2 Å². The standard InChI is InChI=1S/C22H17ClN4OS/c23-16-11-5-4-10-15(16)20-18(21(28)25-17-12-6-7-13-24-17)19(26-22(29)27-20)14-8-2-1-3-9-14/h1-13,20H,(H,24,25,28)(H2,26,27,29)/t20-/m0/s1. The van der Waals surface area contributed by atoms with E-state index in [1.54, 1.807) is 24.4 Å². The normalized spacial score (nSPS) is 16.0. The molecule has 1 atom stereocenters. The highest BCUT2D eigenvalue weighted by atomic mass is 35.5. The second-order valence-corrected chi connectivity index (χ2v) is 7.19. The van der Waals surface area contributed by atoms with Gasteiger partial charge >= 0.3 is 0 Å². The molecule has 3 N–H and O–H groups in total. The van der Waals surface area contributed by atoms with Crippen LogP contribution in [0.3, 0.4) is 0 Å². The molecule has 0 fully saturated rings. The topological polar surface area (TPSA) is 66.0 Å². The average Bonchev–Trinajstić information content (AvgIpc) is 2.75. The Hall–Kier alpha value is -3.22. The van der Waals surface area contributed by atoms with Gasteiger partial charge in [0.25, 0.3) is 5.91 Å². The number of carbonyl (C=O) groups excluding carboxylic acids is 1. The van der Waals surface area contributed by atoms with E-state index < -0.39 is 6.04 Å². The summed E-state index contributed by atoms with van der Waals surface area (Å²) in [5.74, 6) is 0.165. The molecule has 2 heterocycles.